The van der Waals surface area contributed by atoms with Crippen molar-refractivity contribution in [2.45, 2.75) is 46.2 Å². The molecule has 2 aromatic rings. The molecule has 0 spiro atoms. The summed E-state index contributed by atoms with van der Waals surface area (Å²) in [6.07, 6.45) is 7.31. The van der Waals surface area contributed by atoms with E-state index in [1.165, 1.54) is 0 Å². The van der Waals surface area contributed by atoms with Gasteiger partial charge in [0.15, 0.2) is 0 Å². The lowest BCUT2D eigenvalue weighted by Crippen LogP contribution is -2.62. The molecule has 3 aliphatic carbocycles. The number of amides is 1. The summed E-state index contributed by atoms with van der Waals surface area (Å²) in [5, 5.41) is 10.9. The molecule has 8 nitrogen and oxygen atoms in total. The lowest BCUT2D eigenvalue weighted by atomic mass is 9.45. The molecule has 150 valence electrons. The second kappa shape index (κ2) is 7.02. The van der Waals surface area contributed by atoms with E-state index in [0.29, 0.717) is 23.6 Å². The van der Waals surface area contributed by atoms with E-state index in [9.17, 15) is 4.79 Å². The molecule has 0 saturated heterocycles. The van der Waals surface area contributed by atoms with Gasteiger partial charge in [-0.3, -0.25) is 9.48 Å². The number of carbonyl (C=O) groups excluding carboxylic acids is 1. The Labute approximate surface area is 172 Å². The molecule has 2 bridgehead atoms. The highest BCUT2D eigenvalue weighted by atomic mass is 79.9. The van der Waals surface area contributed by atoms with Gasteiger partial charge in [0.25, 0.3) is 0 Å². The van der Waals surface area contributed by atoms with Crippen LogP contribution in [0.25, 0.3) is 0 Å². The van der Waals surface area contributed by atoms with Crippen molar-refractivity contribution in [1.29, 1.82) is 0 Å². The van der Waals surface area contributed by atoms with Crippen LogP contribution in [0.5, 0.6) is 0 Å². The van der Waals surface area contributed by atoms with Crippen LogP contribution in [0.15, 0.2) is 23.1 Å². The molecule has 9 heteroatoms. The predicted molar refractivity (Wildman–Crippen MR) is 111 cm³/mol. The summed E-state index contributed by atoms with van der Waals surface area (Å²) in [6, 6.07) is -0.0283. The first-order valence-corrected chi connectivity index (χ1v) is 10.5. The fourth-order valence-electron chi connectivity index (χ4n) is 4.71. The molecule has 4 atom stereocenters. The van der Waals surface area contributed by atoms with E-state index in [2.05, 4.69) is 55.5 Å². The van der Waals surface area contributed by atoms with Crippen molar-refractivity contribution in [2.75, 3.05) is 10.6 Å². The van der Waals surface area contributed by atoms with Gasteiger partial charge < -0.3 is 16.4 Å². The summed E-state index contributed by atoms with van der Waals surface area (Å²) >= 11 is 3.53. The molecule has 0 radical (unpaired) electrons. The first kappa shape index (κ1) is 19.2. The van der Waals surface area contributed by atoms with Crippen LogP contribution in [0.1, 0.15) is 33.6 Å². The van der Waals surface area contributed by atoms with Gasteiger partial charge in [0.1, 0.15) is 5.82 Å². The lowest BCUT2D eigenvalue weighted by Gasteiger charge is -2.62. The maximum Gasteiger partial charge on any atom is 0.229 e. The minimum atomic E-state index is -0.238. The van der Waals surface area contributed by atoms with Gasteiger partial charge in [-0.25, -0.2) is 4.98 Å². The molecule has 28 heavy (non-hydrogen) atoms. The second-order valence-electron chi connectivity index (χ2n) is 8.38. The molecule has 3 saturated carbocycles. The van der Waals surface area contributed by atoms with E-state index < -0.39 is 0 Å². The molecule has 1 amide bonds. The molecule has 0 aromatic carbocycles. The first-order valence-electron chi connectivity index (χ1n) is 9.67. The number of primary amides is 1. The number of carbonyl (C=O) groups is 1. The fraction of sp³-hybridized carbons (Fsp3) is 0.579. The lowest BCUT2D eigenvalue weighted by molar-refractivity contribution is -0.139. The topological polar surface area (TPSA) is 111 Å². The van der Waals surface area contributed by atoms with Crippen molar-refractivity contribution in [3.8, 4) is 0 Å². The first-order chi connectivity index (χ1) is 13.3. The van der Waals surface area contributed by atoms with Crippen molar-refractivity contribution >= 4 is 39.3 Å². The number of nitrogens with one attached hydrogen (secondary N) is 2. The Balaban J connectivity index is 1.57. The second-order valence-corrected chi connectivity index (χ2v) is 9.23. The predicted octanol–water partition coefficient (Wildman–Crippen LogP) is 3.15. The van der Waals surface area contributed by atoms with Crippen LogP contribution in [-0.4, -0.2) is 31.7 Å². The molecular formula is C19H26BrN7O. The number of aromatic nitrogens is 4. The smallest absolute Gasteiger partial charge is 0.229 e. The maximum atomic E-state index is 12.1. The average Bonchev–Trinajstić information content (AvgIpc) is 3.11. The number of nitrogens with zero attached hydrogens (tertiary/aromatic N) is 4. The van der Waals surface area contributed by atoms with Crippen LogP contribution < -0.4 is 16.4 Å². The molecule has 4 N–H and O–H groups in total. The van der Waals surface area contributed by atoms with Crippen molar-refractivity contribution in [2.24, 2.45) is 28.9 Å². The highest BCUT2D eigenvalue weighted by molar-refractivity contribution is 9.10. The third kappa shape index (κ3) is 3.25. The van der Waals surface area contributed by atoms with Crippen LogP contribution in [0.4, 0.5) is 17.5 Å². The van der Waals surface area contributed by atoms with E-state index in [1.54, 1.807) is 12.4 Å². The molecule has 2 heterocycles. The Morgan fingerprint density at radius 2 is 2.18 bits per heavy atom. The summed E-state index contributed by atoms with van der Waals surface area (Å²) in [6.45, 7) is 7.39. The van der Waals surface area contributed by atoms with Gasteiger partial charge in [-0.2, -0.15) is 10.1 Å². The van der Waals surface area contributed by atoms with E-state index in [0.717, 1.165) is 29.5 Å². The standard InChI is InChI=1S/C19H26BrN7O/c1-4-27-9-11(7-23-27)24-18-22-8-14(20)17(26-18)25-15-12(16(21)28)5-10-6-13(15)19(10,2)3/h7-10,12-13,15H,4-6H2,1-3H3,(H2,21,28)(H2,22,24,25,26)/t10-,12-,13-,15-/m0/s1. The SMILES string of the molecule is CCn1cc(Nc2ncc(Br)c(N[C@H]3[C@@H](C(N)=O)C[C@H]4C[C@@H]3C4(C)C)n2)cn1. The number of nitrogens with two attached hydrogens (primary N) is 1. The van der Waals surface area contributed by atoms with Crippen LogP contribution in [0.3, 0.4) is 0 Å². The zero-order valence-corrected chi connectivity index (χ0v) is 17.9. The average molecular weight is 448 g/mol. The van der Waals surface area contributed by atoms with Crippen LogP contribution in [0, 0.1) is 23.2 Å². The van der Waals surface area contributed by atoms with Gasteiger partial charge in [-0.1, -0.05) is 13.8 Å². The Morgan fingerprint density at radius 1 is 1.39 bits per heavy atom. The minimum absolute atomic E-state index is 0.0283. The van der Waals surface area contributed by atoms with Crippen molar-refractivity contribution in [1.82, 2.24) is 19.7 Å². The van der Waals surface area contributed by atoms with Gasteiger partial charge in [0, 0.05) is 25.0 Å². The number of halogens is 1. The fourth-order valence-corrected chi connectivity index (χ4v) is 5.02. The number of hydrogen-bond donors (Lipinski definition) is 3. The van der Waals surface area contributed by atoms with Crippen molar-refractivity contribution in [3.05, 3.63) is 23.1 Å². The Bertz CT molecular complexity index is 896. The quantitative estimate of drug-likeness (QED) is 0.626. The molecule has 3 fully saturated rings. The summed E-state index contributed by atoms with van der Waals surface area (Å²) in [5.74, 6) is 1.67. The van der Waals surface area contributed by atoms with Gasteiger partial charge in [-0.05, 0) is 52.9 Å². The molecule has 5 rings (SSSR count). The van der Waals surface area contributed by atoms with Gasteiger partial charge in [0.2, 0.25) is 11.9 Å². The maximum absolute atomic E-state index is 12.1. The zero-order chi connectivity index (χ0) is 20.1. The number of aryl methyl sites for hydroxylation is 1. The Hall–Kier alpha value is -2.16. The summed E-state index contributed by atoms with van der Waals surface area (Å²) in [4.78, 5) is 21.0. The highest BCUT2D eigenvalue weighted by Gasteiger charge is 2.59. The summed E-state index contributed by atoms with van der Waals surface area (Å²) < 4.78 is 2.58. The van der Waals surface area contributed by atoms with Crippen molar-refractivity contribution < 1.29 is 4.79 Å². The van der Waals surface area contributed by atoms with E-state index in [4.69, 9.17) is 5.73 Å². The molecule has 3 aliphatic rings. The summed E-state index contributed by atoms with van der Waals surface area (Å²) in [7, 11) is 0. The van der Waals surface area contributed by atoms with Gasteiger partial charge in [-0.15, -0.1) is 0 Å². The number of rotatable bonds is 6. The van der Waals surface area contributed by atoms with E-state index in [-0.39, 0.29) is 23.3 Å². The van der Waals surface area contributed by atoms with Gasteiger partial charge in [0.05, 0.1) is 22.3 Å². The zero-order valence-electron chi connectivity index (χ0n) is 16.3. The Kier molecular flexibility index (Phi) is 4.81. The van der Waals surface area contributed by atoms with Gasteiger partial charge >= 0.3 is 0 Å². The summed E-state index contributed by atoms with van der Waals surface area (Å²) in [5.41, 5.74) is 6.76. The molecular weight excluding hydrogens is 422 g/mol. The Morgan fingerprint density at radius 3 is 2.82 bits per heavy atom. The minimum Gasteiger partial charge on any atom is -0.369 e. The molecule has 0 unspecified atom stereocenters. The van der Waals surface area contributed by atoms with E-state index in [1.807, 2.05) is 17.8 Å². The number of fused-ring (bicyclic) bond motifs is 2. The molecule has 2 aromatic heterocycles. The highest BCUT2D eigenvalue weighted by Crippen LogP contribution is 2.61. The monoisotopic (exact) mass is 447 g/mol. The third-order valence-electron chi connectivity index (χ3n) is 6.58. The normalized spacial score (nSPS) is 27.7. The van der Waals surface area contributed by atoms with Crippen LogP contribution >= 0.6 is 15.9 Å². The van der Waals surface area contributed by atoms with Crippen molar-refractivity contribution in [3.63, 3.8) is 0 Å². The number of hydrogen-bond acceptors (Lipinski definition) is 6. The largest absolute Gasteiger partial charge is 0.369 e. The number of anilines is 3. The third-order valence-corrected chi connectivity index (χ3v) is 7.16. The van der Waals surface area contributed by atoms with E-state index >= 15 is 0 Å². The molecule has 0 aliphatic heterocycles. The van der Waals surface area contributed by atoms with Crippen LogP contribution in [0.2, 0.25) is 0 Å². The van der Waals surface area contributed by atoms with Crippen LogP contribution in [-0.2, 0) is 11.3 Å².